The second-order valence-corrected chi connectivity index (χ2v) is 6.63. The number of unbranched alkanes of at least 4 members (excludes halogenated alkanes) is 6. The van der Waals surface area contributed by atoms with E-state index >= 15 is 0 Å². The molecule has 2 N–H and O–H groups in total. The van der Waals surface area contributed by atoms with Gasteiger partial charge in [0, 0.05) is 6.54 Å². The van der Waals surface area contributed by atoms with Gasteiger partial charge >= 0.3 is 5.97 Å². The van der Waals surface area contributed by atoms with Crippen molar-refractivity contribution in [2.75, 3.05) is 6.54 Å². The van der Waals surface area contributed by atoms with Gasteiger partial charge in [-0.2, -0.15) is 0 Å². The van der Waals surface area contributed by atoms with Gasteiger partial charge in [0.15, 0.2) is 5.25 Å². The smallest absolute Gasteiger partial charge is 0.323 e. The lowest BCUT2D eigenvalue weighted by Crippen LogP contribution is -2.37. The Morgan fingerprint density at radius 1 is 1.11 bits per heavy atom. The van der Waals surface area contributed by atoms with Gasteiger partial charge in [-0.3, -0.25) is 4.79 Å². The summed E-state index contributed by atoms with van der Waals surface area (Å²) >= 11 is 0. The van der Waals surface area contributed by atoms with E-state index in [4.69, 9.17) is 5.11 Å². The molecule has 0 aliphatic rings. The molecule has 0 aromatic rings. The molecule has 6 heteroatoms. The highest BCUT2D eigenvalue weighted by molar-refractivity contribution is 7.90. The van der Waals surface area contributed by atoms with E-state index in [1.165, 1.54) is 32.6 Å². The largest absolute Gasteiger partial charge is 0.480 e. The van der Waals surface area contributed by atoms with Crippen LogP contribution in [0, 0.1) is 0 Å². The molecular formula is C12H25NO4S. The van der Waals surface area contributed by atoms with E-state index in [2.05, 4.69) is 11.6 Å². The van der Waals surface area contributed by atoms with Crippen molar-refractivity contribution in [1.29, 1.82) is 0 Å². The Labute approximate surface area is 110 Å². The van der Waals surface area contributed by atoms with Gasteiger partial charge in [-0.05, 0) is 13.3 Å². The minimum atomic E-state index is -3.71. The highest BCUT2D eigenvalue weighted by Gasteiger charge is 2.26. The second kappa shape index (κ2) is 9.33. The van der Waals surface area contributed by atoms with Crippen LogP contribution >= 0.6 is 0 Å². The molecule has 1 atom stereocenters. The number of carbonyl (C=O) groups is 1. The van der Waals surface area contributed by atoms with Crippen LogP contribution in [0.2, 0.25) is 0 Å². The maximum absolute atomic E-state index is 11.5. The molecule has 0 bridgehead atoms. The molecule has 0 rings (SSSR count). The summed E-state index contributed by atoms with van der Waals surface area (Å²) in [4.78, 5) is 10.6. The first kappa shape index (κ1) is 17.4. The van der Waals surface area contributed by atoms with Gasteiger partial charge in [-0.1, -0.05) is 45.4 Å². The molecule has 0 aromatic heterocycles. The first-order chi connectivity index (χ1) is 8.41. The van der Waals surface area contributed by atoms with Crippen LogP contribution in [-0.4, -0.2) is 31.3 Å². The maximum Gasteiger partial charge on any atom is 0.323 e. The summed E-state index contributed by atoms with van der Waals surface area (Å²) in [7, 11) is -3.71. The predicted molar refractivity (Wildman–Crippen MR) is 72.0 cm³/mol. The van der Waals surface area contributed by atoms with Crippen LogP contribution in [0.1, 0.15) is 58.8 Å². The lowest BCUT2D eigenvalue weighted by molar-refractivity contribution is -0.136. The fourth-order valence-corrected chi connectivity index (χ4v) is 2.50. The molecule has 0 heterocycles. The highest BCUT2D eigenvalue weighted by atomic mass is 32.2. The van der Waals surface area contributed by atoms with Crippen LogP contribution in [0.5, 0.6) is 0 Å². The molecule has 0 radical (unpaired) electrons. The maximum atomic E-state index is 11.5. The summed E-state index contributed by atoms with van der Waals surface area (Å²) in [6.07, 6.45) is 7.74. The summed E-state index contributed by atoms with van der Waals surface area (Å²) < 4.78 is 25.2. The van der Waals surface area contributed by atoms with Gasteiger partial charge in [0.1, 0.15) is 0 Å². The van der Waals surface area contributed by atoms with Gasteiger partial charge in [0.25, 0.3) is 0 Å². The topological polar surface area (TPSA) is 83.5 Å². The van der Waals surface area contributed by atoms with Gasteiger partial charge in [0.2, 0.25) is 10.0 Å². The standard InChI is InChI=1S/C12H25NO4S/c1-3-4-5-6-7-8-9-10-13-18(16,17)11(2)12(14)15/h11,13H,3-10H2,1-2H3,(H,14,15). The van der Waals surface area contributed by atoms with E-state index in [1.807, 2.05) is 0 Å². The molecule has 1 unspecified atom stereocenters. The molecule has 108 valence electrons. The van der Waals surface area contributed by atoms with E-state index in [9.17, 15) is 13.2 Å². The minimum absolute atomic E-state index is 0.327. The first-order valence-electron chi connectivity index (χ1n) is 6.63. The fraction of sp³-hybridized carbons (Fsp3) is 0.917. The monoisotopic (exact) mass is 279 g/mol. The molecule has 0 fully saturated rings. The third-order valence-corrected chi connectivity index (χ3v) is 4.64. The van der Waals surface area contributed by atoms with E-state index < -0.39 is 21.2 Å². The molecule has 5 nitrogen and oxygen atoms in total. The first-order valence-corrected chi connectivity index (χ1v) is 8.17. The number of hydrogen-bond donors (Lipinski definition) is 2. The summed E-state index contributed by atoms with van der Waals surface area (Å²) in [5, 5.41) is 7.23. The number of carboxylic acids is 1. The third kappa shape index (κ3) is 7.66. The number of aliphatic carboxylic acids is 1. The Balaban J connectivity index is 3.63. The number of hydrogen-bond acceptors (Lipinski definition) is 3. The van der Waals surface area contributed by atoms with Crippen molar-refractivity contribution in [2.24, 2.45) is 0 Å². The minimum Gasteiger partial charge on any atom is -0.480 e. The van der Waals surface area contributed by atoms with E-state index in [0.29, 0.717) is 6.54 Å². The normalized spacial score (nSPS) is 13.4. The summed E-state index contributed by atoms with van der Waals surface area (Å²) in [5.41, 5.74) is 0. The Morgan fingerprint density at radius 2 is 1.61 bits per heavy atom. The van der Waals surface area contributed by atoms with Gasteiger partial charge in [-0.25, -0.2) is 13.1 Å². The molecule has 0 amide bonds. The average molecular weight is 279 g/mol. The van der Waals surface area contributed by atoms with Crippen molar-refractivity contribution in [3.63, 3.8) is 0 Å². The average Bonchev–Trinajstić information content (AvgIpc) is 2.31. The molecule has 0 aliphatic carbocycles. The molecule has 0 saturated carbocycles. The second-order valence-electron chi connectivity index (χ2n) is 4.54. The van der Waals surface area contributed by atoms with Crippen molar-refractivity contribution >= 4 is 16.0 Å². The lowest BCUT2D eigenvalue weighted by Gasteiger charge is -2.09. The molecule has 0 spiro atoms. The van der Waals surface area contributed by atoms with Gasteiger partial charge in [-0.15, -0.1) is 0 Å². The van der Waals surface area contributed by atoms with Gasteiger partial charge < -0.3 is 5.11 Å². The Kier molecular flexibility index (Phi) is 9.01. The van der Waals surface area contributed by atoms with Gasteiger partial charge in [0.05, 0.1) is 0 Å². The Bertz CT molecular complexity index is 327. The van der Waals surface area contributed by atoms with Crippen molar-refractivity contribution in [3.05, 3.63) is 0 Å². The van der Waals surface area contributed by atoms with E-state index in [1.54, 1.807) is 0 Å². The van der Waals surface area contributed by atoms with E-state index in [0.717, 1.165) is 19.3 Å². The predicted octanol–water partition coefficient (Wildman–Crippen LogP) is 2.13. The Morgan fingerprint density at radius 3 is 2.11 bits per heavy atom. The van der Waals surface area contributed by atoms with Crippen molar-refractivity contribution in [3.8, 4) is 0 Å². The number of carboxylic acid groups (broad SMARTS) is 1. The van der Waals surface area contributed by atoms with Crippen LogP contribution in [0.25, 0.3) is 0 Å². The van der Waals surface area contributed by atoms with Crippen molar-refractivity contribution in [1.82, 2.24) is 4.72 Å². The van der Waals surface area contributed by atoms with Crippen LogP contribution < -0.4 is 4.72 Å². The molecule has 0 saturated heterocycles. The van der Waals surface area contributed by atoms with E-state index in [-0.39, 0.29) is 0 Å². The quantitative estimate of drug-likeness (QED) is 0.567. The lowest BCUT2D eigenvalue weighted by atomic mass is 10.1. The number of sulfonamides is 1. The summed E-state index contributed by atoms with van der Waals surface area (Å²) in [6.45, 7) is 3.67. The Hall–Kier alpha value is -0.620. The van der Waals surface area contributed by atoms with Crippen molar-refractivity contribution < 1.29 is 18.3 Å². The molecule has 0 aliphatic heterocycles. The number of nitrogens with one attached hydrogen (secondary N) is 1. The third-order valence-electron chi connectivity index (χ3n) is 2.90. The molecular weight excluding hydrogens is 254 g/mol. The number of rotatable bonds is 11. The zero-order chi connectivity index (χ0) is 14.0. The zero-order valence-corrected chi connectivity index (χ0v) is 12.1. The van der Waals surface area contributed by atoms with Crippen LogP contribution in [0.4, 0.5) is 0 Å². The zero-order valence-electron chi connectivity index (χ0n) is 11.3. The summed E-state index contributed by atoms with van der Waals surface area (Å²) in [5.74, 6) is -1.32. The SMILES string of the molecule is CCCCCCCCCNS(=O)(=O)C(C)C(=O)O. The highest BCUT2D eigenvalue weighted by Crippen LogP contribution is 2.06. The molecule has 0 aromatic carbocycles. The van der Waals surface area contributed by atoms with Crippen LogP contribution in [0.15, 0.2) is 0 Å². The summed E-state index contributed by atoms with van der Waals surface area (Å²) in [6, 6.07) is 0. The van der Waals surface area contributed by atoms with Crippen molar-refractivity contribution in [2.45, 2.75) is 64.0 Å². The van der Waals surface area contributed by atoms with Crippen LogP contribution in [-0.2, 0) is 14.8 Å². The fourth-order valence-electron chi connectivity index (χ4n) is 1.55. The molecule has 18 heavy (non-hydrogen) atoms. The van der Waals surface area contributed by atoms with Crippen LogP contribution in [0.3, 0.4) is 0 Å².